The van der Waals surface area contributed by atoms with Gasteiger partial charge in [0.25, 0.3) is 5.91 Å². The molecule has 0 spiro atoms. The van der Waals surface area contributed by atoms with E-state index in [-0.39, 0.29) is 19.4 Å². The molecule has 3 aromatic rings. The summed E-state index contributed by atoms with van der Waals surface area (Å²) in [6, 6.07) is 19.4. The number of ether oxygens (including phenoxy) is 2. The molecule has 0 atom stereocenters. The second kappa shape index (κ2) is 11.4. The molecule has 0 aromatic heterocycles. The molecule has 0 fully saturated rings. The Morgan fingerprint density at radius 1 is 0.758 bits per heavy atom. The highest BCUT2D eigenvalue weighted by Gasteiger charge is 2.12. The molecular formula is C25H24N2O6. The average molecular weight is 448 g/mol. The predicted octanol–water partition coefficient (Wildman–Crippen LogP) is 3.92. The van der Waals surface area contributed by atoms with Gasteiger partial charge in [0.2, 0.25) is 5.91 Å². The Labute approximate surface area is 190 Å². The van der Waals surface area contributed by atoms with Crippen molar-refractivity contribution in [1.82, 2.24) is 0 Å². The van der Waals surface area contributed by atoms with E-state index in [1.165, 1.54) is 12.1 Å². The van der Waals surface area contributed by atoms with Crippen LogP contribution in [0.1, 0.15) is 30.1 Å². The van der Waals surface area contributed by atoms with Gasteiger partial charge in [0.15, 0.2) is 6.61 Å². The number of carbonyl (C=O) groups excluding carboxylic acids is 4. The quantitative estimate of drug-likeness (QED) is 0.480. The van der Waals surface area contributed by atoms with Crippen LogP contribution in [0.3, 0.4) is 0 Å². The zero-order chi connectivity index (χ0) is 23.6. The molecule has 0 aliphatic heterocycles. The maximum atomic E-state index is 12.2. The third kappa shape index (κ3) is 6.90. The first-order chi connectivity index (χ1) is 16.0. The van der Waals surface area contributed by atoms with E-state index in [1.807, 2.05) is 36.4 Å². The van der Waals surface area contributed by atoms with Crippen LogP contribution < -0.4 is 10.6 Å². The van der Waals surface area contributed by atoms with Gasteiger partial charge in [-0.2, -0.15) is 0 Å². The summed E-state index contributed by atoms with van der Waals surface area (Å²) in [6.07, 6.45) is -0.280. The van der Waals surface area contributed by atoms with Gasteiger partial charge in [-0.15, -0.1) is 0 Å². The van der Waals surface area contributed by atoms with Gasteiger partial charge in [-0.25, -0.2) is 4.79 Å². The van der Waals surface area contributed by atoms with E-state index in [9.17, 15) is 19.2 Å². The Balaban J connectivity index is 1.40. The number of hydrogen-bond acceptors (Lipinski definition) is 6. The van der Waals surface area contributed by atoms with E-state index in [2.05, 4.69) is 10.6 Å². The van der Waals surface area contributed by atoms with Crippen molar-refractivity contribution in [2.24, 2.45) is 0 Å². The fraction of sp³-hybridized carbons (Fsp3) is 0.200. The van der Waals surface area contributed by atoms with Gasteiger partial charge in [-0.05, 0) is 42.6 Å². The number of carbonyl (C=O) groups is 4. The first-order valence-corrected chi connectivity index (χ1v) is 10.5. The molecule has 33 heavy (non-hydrogen) atoms. The lowest BCUT2D eigenvalue weighted by Crippen LogP contribution is -2.22. The molecule has 8 heteroatoms. The monoisotopic (exact) mass is 448 g/mol. The Morgan fingerprint density at radius 3 is 2.24 bits per heavy atom. The molecular weight excluding hydrogens is 424 g/mol. The summed E-state index contributed by atoms with van der Waals surface area (Å²) in [7, 11) is 0. The van der Waals surface area contributed by atoms with Crippen LogP contribution in [0, 0.1) is 0 Å². The third-order valence-electron chi connectivity index (χ3n) is 4.66. The highest BCUT2D eigenvalue weighted by Crippen LogP contribution is 2.22. The molecule has 0 heterocycles. The molecule has 0 aliphatic carbocycles. The molecule has 170 valence electrons. The van der Waals surface area contributed by atoms with Crippen molar-refractivity contribution in [3.05, 3.63) is 72.3 Å². The van der Waals surface area contributed by atoms with Crippen molar-refractivity contribution in [2.45, 2.75) is 19.8 Å². The van der Waals surface area contributed by atoms with E-state index < -0.39 is 30.4 Å². The van der Waals surface area contributed by atoms with Crippen LogP contribution in [0.25, 0.3) is 10.8 Å². The fourth-order valence-corrected chi connectivity index (χ4v) is 3.08. The summed E-state index contributed by atoms with van der Waals surface area (Å²) in [5.41, 5.74) is 1.48. The molecule has 2 N–H and O–H groups in total. The zero-order valence-corrected chi connectivity index (χ0v) is 18.1. The van der Waals surface area contributed by atoms with Crippen LogP contribution in [-0.4, -0.2) is 37.0 Å². The molecule has 0 radical (unpaired) electrons. The van der Waals surface area contributed by atoms with Crippen molar-refractivity contribution < 1.29 is 28.7 Å². The molecule has 2 amide bonds. The highest BCUT2D eigenvalue weighted by atomic mass is 16.5. The van der Waals surface area contributed by atoms with E-state index in [1.54, 1.807) is 25.1 Å². The lowest BCUT2D eigenvalue weighted by atomic mass is 10.1. The molecule has 3 aromatic carbocycles. The summed E-state index contributed by atoms with van der Waals surface area (Å²) >= 11 is 0. The zero-order valence-electron chi connectivity index (χ0n) is 18.1. The van der Waals surface area contributed by atoms with Crippen molar-refractivity contribution in [3.63, 3.8) is 0 Å². The first kappa shape index (κ1) is 23.5. The predicted molar refractivity (Wildman–Crippen MR) is 124 cm³/mol. The fourth-order valence-electron chi connectivity index (χ4n) is 3.08. The Kier molecular flexibility index (Phi) is 8.13. The Morgan fingerprint density at radius 2 is 1.48 bits per heavy atom. The third-order valence-corrected chi connectivity index (χ3v) is 4.66. The summed E-state index contributed by atoms with van der Waals surface area (Å²) < 4.78 is 9.87. The largest absolute Gasteiger partial charge is 0.462 e. The number of hydrogen-bond donors (Lipinski definition) is 2. The van der Waals surface area contributed by atoms with Gasteiger partial charge in [0, 0.05) is 23.2 Å². The second-order valence-electron chi connectivity index (χ2n) is 7.08. The molecule has 0 bridgehead atoms. The van der Waals surface area contributed by atoms with Gasteiger partial charge >= 0.3 is 11.9 Å². The standard InChI is InChI=1S/C25H24N2O6/c1-2-32-25(31)18-10-12-19(13-11-18)26-22(28)14-15-24(30)33-16-23(29)27-21-9-5-7-17-6-3-4-8-20(17)21/h3-13H,2,14-16H2,1H3,(H,26,28)(H,27,29). The van der Waals surface area contributed by atoms with E-state index >= 15 is 0 Å². The van der Waals surface area contributed by atoms with Gasteiger partial charge in [-0.3, -0.25) is 14.4 Å². The molecule has 0 saturated carbocycles. The van der Waals surface area contributed by atoms with Crippen LogP contribution in [0.2, 0.25) is 0 Å². The Bertz CT molecular complexity index is 1150. The minimum atomic E-state index is -0.657. The summed E-state index contributed by atoms with van der Waals surface area (Å²) in [5, 5.41) is 7.22. The number of amides is 2. The smallest absolute Gasteiger partial charge is 0.338 e. The molecule has 0 unspecified atom stereocenters. The van der Waals surface area contributed by atoms with E-state index in [0.717, 1.165) is 10.8 Å². The van der Waals surface area contributed by atoms with Crippen LogP contribution in [0.4, 0.5) is 11.4 Å². The maximum absolute atomic E-state index is 12.2. The van der Waals surface area contributed by atoms with Gasteiger partial charge < -0.3 is 20.1 Å². The number of anilines is 2. The van der Waals surface area contributed by atoms with E-state index in [0.29, 0.717) is 16.9 Å². The Hall–Kier alpha value is -4.20. The number of benzene rings is 3. The normalized spacial score (nSPS) is 10.3. The van der Waals surface area contributed by atoms with Gasteiger partial charge in [0.1, 0.15) is 0 Å². The van der Waals surface area contributed by atoms with Crippen LogP contribution in [0.5, 0.6) is 0 Å². The van der Waals surface area contributed by atoms with Gasteiger partial charge in [-0.1, -0.05) is 36.4 Å². The summed E-state index contributed by atoms with van der Waals surface area (Å²) in [6.45, 7) is 1.55. The summed E-state index contributed by atoms with van der Waals surface area (Å²) in [4.78, 5) is 47.8. The number of esters is 2. The van der Waals surface area contributed by atoms with Crippen molar-refractivity contribution in [3.8, 4) is 0 Å². The molecule has 8 nitrogen and oxygen atoms in total. The van der Waals surface area contributed by atoms with E-state index in [4.69, 9.17) is 9.47 Å². The van der Waals surface area contributed by atoms with Crippen LogP contribution in [0.15, 0.2) is 66.7 Å². The highest BCUT2D eigenvalue weighted by molar-refractivity contribution is 6.03. The van der Waals surface area contributed by atoms with Crippen molar-refractivity contribution in [2.75, 3.05) is 23.8 Å². The first-order valence-electron chi connectivity index (χ1n) is 10.5. The second-order valence-corrected chi connectivity index (χ2v) is 7.08. The molecule has 0 saturated heterocycles. The SMILES string of the molecule is CCOC(=O)c1ccc(NC(=O)CCC(=O)OCC(=O)Nc2cccc3ccccc23)cc1. The molecule has 3 rings (SSSR count). The molecule has 0 aliphatic rings. The average Bonchev–Trinajstić information content (AvgIpc) is 2.82. The number of rotatable bonds is 9. The van der Waals surface area contributed by atoms with Crippen molar-refractivity contribution in [1.29, 1.82) is 0 Å². The minimum absolute atomic E-state index is 0.108. The number of fused-ring (bicyclic) bond motifs is 1. The minimum Gasteiger partial charge on any atom is -0.462 e. The summed E-state index contributed by atoms with van der Waals surface area (Å²) in [5.74, 6) is -1.96. The van der Waals surface area contributed by atoms with Crippen molar-refractivity contribution >= 4 is 45.9 Å². The topological polar surface area (TPSA) is 111 Å². The lowest BCUT2D eigenvalue weighted by Gasteiger charge is -2.09. The van der Waals surface area contributed by atoms with Crippen LogP contribution >= 0.6 is 0 Å². The van der Waals surface area contributed by atoms with Crippen LogP contribution in [-0.2, 0) is 23.9 Å². The lowest BCUT2D eigenvalue weighted by molar-refractivity contribution is -0.147. The maximum Gasteiger partial charge on any atom is 0.338 e. The van der Waals surface area contributed by atoms with Gasteiger partial charge in [0.05, 0.1) is 18.6 Å². The number of nitrogens with one attached hydrogen (secondary N) is 2.